The van der Waals surface area contributed by atoms with E-state index < -0.39 is 6.10 Å². The van der Waals surface area contributed by atoms with Gasteiger partial charge in [-0.25, -0.2) is 0 Å². The highest BCUT2D eigenvalue weighted by Crippen LogP contribution is 2.40. The molecule has 1 N–H and O–H groups in total. The SMILES string of the molecule is CCCOc1ccc(C2C[C@@H](O)c3ccccc3O2)cc1. The molecular formula is C18H20O3. The summed E-state index contributed by atoms with van der Waals surface area (Å²) in [6.07, 6.45) is 0.980. The standard InChI is InChI=1S/C18H20O3/c1-2-11-20-14-9-7-13(8-10-14)18-12-16(19)15-5-3-4-6-17(15)21-18/h3-10,16,18-19H,2,11-12H2,1H3/t16-,18?/m1/s1. The molecule has 3 heteroatoms. The molecule has 21 heavy (non-hydrogen) atoms. The molecule has 2 atom stereocenters. The number of rotatable bonds is 4. The Hall–Kier alpha value is -2.00. The van der Waals surface area contributed by atoms with Crippen molar-refractivity contribution >= 4 is 0 Å². The van der Waals surface area contributed by atoms with Crippen LogP contribution in [0.15, 0.2) is 48.5 Å². The highest BCUT2D eigenvalue weighted by atomic mass is 16.5. The quantitative estimate of drug-likeness (QED) is 0.921. The molecule has 0 radical (unpaired) electrons. The van der Waals surface area contributed by atoms with Gasteiger partial charge in [0, 0.05) is 12.0 Å². The van der Waals surface area contributed by atoms with Crippen LogP contribution in [0.2, 0.25) is 0 Å². The van der Waals surface area contributed by atoms with Crippen LogP contribution < -0.4 is 9.47 Å². The van der Waals surface area contributed by atoms with Gasteiger partial charge in [0.15, 0.2) is 0 Å². The molecule has 0 bridgehead atoms. The molecule has 2 aromatic carbocycles. The number of ether oxygens (including phenoxy) is 2. The fourth-order valence-corrected chi connectivity index (χ4v) is 2.60. The number of benzene rings is 2. The summed E-state index contributed by atoms with van der Waals surface area (Å²) >= 11 is 0. The summed E-state index contributed by atoms with van der Waals surface area (Å²) in [7, 11) is 0. The smallest absolute Gasteiger partial charge is 0.127 e. The molecule has 0 spiro atoms. The van der Waals surface area contributed by atoms with Crippen molar-refractivity contribution < 1.29 is 14.6 Å². The lowest BCUT2D eigenvalue weighted by Gasteiger charge is -2.29. The van der Waals surface area contributed by atoms with Crippen LogP contribution in [0.4, 0.5) is 0 Å². The van der Waals surface area contributed by atoms with E-state index in [1.165, 1.54) is 0 Å². The molecule has 1 unspecified atom stereocenters. The Morgan fingerprint density at radius 2 is 1.90 bits per heavy atom. The van der Waals surface area contributed by atoms with Crippen LogP contribution in [0.1, 0.15) is 43.1 Å². The van der Waals surface area contributed by atoms with Gasteiger partial charge in [-0.3, -0.25) is 0 Å². The van der Waals surface area contributed by atoms with Gasteiger partial charge in [-0.15, -0.1) is 0 Å². The summed E-state index contributed by atoms with van der Waals surface area (Å²) in [5.74, 6) is 1.64. The van der Waals surface area contributed by atoms with Crippen LogP contribution in [0.25, 0.3) is 0 Å². The first-order chi connectivity index (χ1) is 10.3. The molecule has 0 fully saturated rings. The zero-order chi connectivity index (χ0) is 14.7. The molecular weight excluding hydrogens is 264 g/mol. The highest BCUT2D eigenvalue weighted by molar-refractivity contribution is 5.39. The second-order valence-electron chi connectivity index (χ2n) is 5.31. The Bertz CT molecular complexity index is 592. The van der Waals surface area contributed by atoms with Gasteiger partial charge in [0.2, 0.25) is 0 Å². The normalized spacial score (nSPS) is 20.5. The van der Waals surface area contributed by atoms with Crippen LogP contribution in [0, 0.1) is 0 Å². The number of aliphatic hydroxyl groups excluding tert-OH is 1. The minimum absolute atomic E-state index is 0.116. The molecule has 3 nitrogen and oxygen atoms in total. The van der Waals surface area contributed by atoms with Crippen molar-refractivity contribution in [2.24, 2.45) is 0 Å². The molecule has 0 aliphatic carbocycles. The highest BCUT2D eigenvalue weighted by Gasteiger charge is 2.27. The number of aliphatic hydroxyl groups is 1. The summed E-state index contributed by atoms with van der Waals surface area (Å²) in [6.45, 7) is 2.81. The van der Waals surface area contributed by atoms with Gasteiger partial charge in [0.25, 0.3) is 0 Å². The average molecular weight is 284 g/mol. The second-order valence-corrected chi connectivity index (χ2v) is 5.31. The molecule has 2 aromatic rings. The van der Waals surface area contributed by atoms with Crippen molar-refractivity contribution in [3.05, 3.63) is 59.7 Å². The van der Waals surface area contributed by atoms with Gasteiger partial charge in [0.1, 0.15) is 17.6 Å². The Morgan fingerprint density at radius 1 is 1.14 bits per heavy atom. The van der Waals surface area contributed by atoms with Crippen LogP contribution in [0.3, 0.4) is 0 Å². The van der Waals surface area contributed by atoms with Gasteiger partial charge in [-0.05, 0) is 30.2 Å². The molecule has 0 saturated carbocycles. The zero-order valence-electron chi connectivity index (χ0n) is 12.2. The van der Waals surface area contributed by atoms with Gasteiger partial charge >= 0.3 is 0 Å². The summed E-state index contributed by atoms with van der Waals surface area (Å²) in [5, 5.41) is 10.3. The summed E-state index contributed by atoms with van der Waals surface area (Å²) in [4.78, 5) is 0. The van der Waals surface area contributed by atoms with Crippen LogP contribution in [-0.4, -0.2) is 11.7 Å². The van der Waals surface area contributed by atoms with E-state index in [0.717, 1.165) is 35.7 Å². The summed E-state index contributed by atoms with van der Waals surface area (Å²) in [5.41, 5.74) is 1.93. The van der Waals surface area contributed by atoms with E-state index in [2.05, 4.69) is 6.92 Å². The molecule has 1 aliphatic heterocycles. The van der Waals surface area contributed by atoms with E-state index in [0.29, 0.717) is 6.42 Å². The lowest BCUT2D eigenvalue weighted by atomic mass is 9.95. The van der Waals surface area contributed by atoms with E-state index in [4.69, 9.17) is 9.47 Å². The van der Waals surface area contributed by atoms with Crippen molar-refractivity contribution in [3.63, 3.8) is 0 Å². The monoisotopic (exact) mass is 284 g/mol. The molecule has 0 saturated heterocycles. The third kappa shape index (κ3) is 3.03. The lowest BCUT2D eigenvalue weighted by Crippen LogP contribution is -2.18. The third-order valence-electron chi connectivity index (χ3n) is 3.71. The zero-order valence-corrected chi connectivity index (χ0v) is 12.2. The first-order valence-electron chi connectivity index (χ1n) is 7.44. The molecule has 1 aliphatic rings. The molecule has 3 rings (SSSR count). The van der Waals surface area contributed by atoms with Crippen molar-refractivity contribution in [3.8, 4) is 11.5 Å². The number of hydrogen-bond donors (Lipinski definition) is 1. The van der Waals surface area contributed by atoms with Crippen LogP contribution >= 0.6 is 0 Å². The lowest BCUT2D eigenvalue weighted by molar-refractivity contribution is 0.0657. The minimum atomic E-state index is -0.476. The summed E-state index contributed by atoms with van der Waals surface area (Å²) in [6, 6.07) is 15.6. The predicted molar refractivity (Wildman–Crippen MR) is 81.6 cm³/mol. The largest absolute Gasteiger partial charge is 0.494 e. The van der Waals surface area contributed by atoms with Gasteiger partial charge in [0.05, 0.1) is 12.7 Å². The van der Waals surface area contributed by atoms with E-state index in [1.807, 2.05) is 48.5 Å². The van der Waals surface area contributed by atoms with Crippen molar-refractivity contribution in [2.45, 2.75) is 32.0 Å². The Balaban J connectivity index is 1.76. The first kappa shape index (κ1) is 14.0. The molecule has 0 aromatic heterocycles. The van der Waals surface area contributed by atoms with E-state index in [9.17, 15) is 5.11 Å². The van der Waals surface area contributed by atoms with Gasteiger partial charge < -0.3 is 14.6 Å². The maximum atomic E-state index is 10.3. The molecule has 0 amide bonds. The first-order valence-corrected chi connectivity index (χ1v) is 7.44. The van der Waals surface area contributed by atoms with E-state index in [1.54, 1.807) is 0 Å². The van der Waals surface area contributed by atoms with Gasteiger partial charge in [-0.2, -0.15) is 0 Å². The maximum Gasteiger partial charge on any atom is 0.127 e. The minimum Gasteiger partial charge on any atom is -0.494 e. The second kappa shape index (κ2) is 6.19. The van der Waals surface area contributed by atoms with E-state index in [-0.39, 0.29) is 6.10 Å². The fourth-order valence-electron chi connectivity index (χ4n) is 2.60. The van der Waals surface area contributed by atoms with Crippen molar-refractivity contribution in [2.75, 3.05) is 6.61 Å². The Labute approximate surface area is 125 Å². The Morgan fingerprint density at radius 3 is 2.67 bits per heavy atom. The van der Waals surface area contributed by atoms with E-state index >= 15 is 0 Å². The number of fused-ring (bicyclic) bond motifs is 1. The molecule has 110 valence electrons. The number of hydrogen-bond acceptors (Lipinski definition) is 3. The van der Waals surface area contributed by atoms with Crippen LogP contribution in [0.5, 0.6) is 11.5 Å². The maximum absolute atomic E-state index is 10.3. The third-order valence-corrected chi connectivity index (χ3v) is 3.71. The fraction of sp³-hybridized carbons (Fsp3) is 0.333. The predicted octanol–water partition coefficient (Wildman–Crippen LogP) is 4.03. The van der Waals surface area contributed by atoms with Crippen molar-refractivity contribution in [1.82, 2.24) is 0 Å². The molecule has 1 heterocycles. The van der Waals surface area contributed by atoms with Crippen LogP contribution in [-0.2, 0) is 0 Å². The number of para-hydroxylation sites is 1. The van der Waals surface area contributed by atoms with Gasteiger partial charge in [-0.1, -0.05) is 37.3 Å². The van der Waals surface area contributed by atoms with Crippen molar-refractivity contribution in [1.29, 1.82) is 0 Å². The topological polar surface area (TPSA) is 38.7 Å². The average Bonchev–Trinajstić information content (AvgIpc) is 2.53. The Kier molecular flexibility index (Phi) is 4.11. The summed E-state index contributed by atoms with van der Waals surface area (Å²) < 4.78 is 11.6.